The summed E-state index contributed by atoms with van der Waals surface area (Å²) in [5.41, 5.74) is 1.09. The van der Waals surface area contributed by atoms with Crippen molar-refractivity contribution in [2.75, 3.05) is 0 Å². The van der Waals surface area contributed by atoms with Crippen LogP contribution in [-0.2, 0) is 11.2 Å². The highest BCUT2D eigenvalue weighted by atomic mass is 35.5. The van der Waals surface area contributed by atoms with Crippen LogP contribution in [-0.4, -0.2) is 33.6 Å². The van der Waals surface area contributed by atoms with Crippen molar-refractivity contribution in [2.45, 2.75) is 44.1 Å². The average Bonchev–Trinajstić information content (AvgIpc) is 3.28. The summed E-state index contributed by atoms with van der Waals surface area (Å²) >= 11 is 7.18. The molecule has 0 aliphatic heterocycles. The van der Waals surface area contributed by atoms with Gasteiger partial charge in [0, 0.05) is 23.1 Å². The summed E-state index contributed by atoms with van der Waals surface area (Å²) in [5, 5.41) is 11.3. The number of carbonyl (C=O) groups is 1. The molecule has 0 unspecified atom stereocenters. The van der Waals surface area contributed by atoms with Crippen LogP contribution in [0.3, 0.4) is 0 Å². The van der Waals surface area contributed by atoms with Gasteiger partial charge < -0.3 is 9.73 Å². The van der Waals surface area contributed by atoms with E-state index >= 15 is 0 Å². The first-order valence-corrected chi connectivity index (χ1v) is 10.5. The number of benzene rings is 1. The van der Waals surface area contributed by atoms with Gasteiger partial charge in [0.05, 0.1) is 16.3 Å². The van der Waals surface area contributed by atoms with Crippen molar-refractivity contribution < 1.29 is 27.1 Å². The lowest BCUT2D eigenvalue weighted by Gasteiger charge is -2.32. The Labute approximate surface area is 183 Å². The zero-order valence-electron chi connectivity index (χ0n) is 15.9. The Hall–Kier alpha value is -2.50. The number of allylic oxidation sites excluding steroid dienone is 1. The monoisotopic (exact) mass is 472 g/mol. The minimum Gasteiger partial charge on any atom is -0.425 e. The number of hydrogen-bond donors (Lipinski definition) is 1. The first-order valence-electron chi connectivity index (χ1n) is 9.28. The minimum atomic E-state index is -4.64. The van der Waals surface area contributed by atoms with Gasteiger partial charge in [0.15, 0.2) is 5.01 Å². The van der Waals surface area contributed by atoms with Gasteiger partial charge in [-0.3, -0.25) is 9.53 Å². The van der Waals surface area contributed by atoms with Gasteiger partial charge >= 0.3 is 6.36 Å². The molecule has 1 N–H and O–H groups in total. The molecule has 12 heteroatoms. The van der Waals surface area contributed by atoms with E-state index in [9.17, 15) is 18.0 Å². The van der Waals surface area contributed by atoms with Gasteiger partial charge in [-0.2, -0.15) is 0 Å². The Kier molecular flexibility index (Phi) is 6.00. The van der Waals surface area contributed by atoms with Crippen molar-refractivity contribution in [1.29, 1.82) is 0 Å². The van der Waals surface area contributed by atoms with Crippen LogP contribution in [0.15, 0.2) is 34.9 Å². The molecule has 164 valence electrons. The lowest BCUT2D eigenvalue weighted by atomic mass is 9.82. The Balaban J connectivity index is 1.25. The summed E-state index contributed by atoms with van der Waals surface area (Å²) in [7, 11) is 0. The summed E-state index contributed by atoms with van der Waals surface area (Å²) in [5.74, 6) is -0.0113. The number of aromatic nitrogens is 3. The number of aryl methyl sites for hydroxylation is 1. The van der Waals surface area contributed by atoms with Crippen LogP contribution in [0.5, 0.6) is 0 Å². The van der Waals surface area contributed by atoms with Crippen LogP contribution < -0.4 is 5.32 Å². The molecule has 1 aliphatic rings. The third-order valence-electron chi connectivity index (χ3n) is 4.70. The van der Waals surface area contributed by atoms with E-state index in [2.05, 4.69) is 31.8 Å². The van der Waals surface area contributed by atoms with E-state index in [0.29, 0.717) is 45.9 Å². The van der Waals surface area contributed by atoms with E-state index in [-0.39, 0.29) is 24.7 Å². The number of fused-ring (bicyclic) bond motifs is 1. The zero-order valence-corrected chi connectivity index (χ0v) is 17.5. The van der Waals surface area contributed by atoms with E-state index in [0.717, 1.165) is 4.70 Å². The number of hydrogen-bond acceptors (Lipinski definition) is 7. The van der Waals surface area contributed by atoms with Gasteiger partial charge in [0.1, 0.15) is 0 Å². The SMILES string of the molecule is C=C(CCc1nnc(C2CC(OC(F)(F)F)C2)o1)NC(=O)c1nc2cc(Cl)ccc2s1. The van der Waals surface area contributed by atoms with Gasteiger partial charge in [-0.05, 0) is 37.5 Å². The number of alkyl halides is 3. The molecule has 3 aromatic rings. The summed E-state index contributed by atoms with van der Waals surface area (Å²) in [6, 6.07) is 5.22. The van der Waals surface area contributed by atoms with Gasteiger partial charge in [-0.1, -0.05) is 18.2 Å². The van der Waals surface area contributed by atoms with E-state index in [1.54, 1.807) is 18.2 Å². The van der Waals surface area contributed by atoms with E-state index in [4.69, 9.17) is 16.0 Å². The van der Waals surface area contributed by atoms with Crippen LogP contribution in [0.4, 0.5) is 13.2 Å². The van der Waals surface area contributed by atoms with Crippen LogP contribution in [0.25, 0.3) is 10.2 Å². The van der Waals surface area contributed by atoms with Crippen LogP contribution in [0, 0.1) is 0 Å². The highest BCUT2D eigenvalue weighted by Crippen LogP contribution is 2.40. The molecule has 1 fully saturated rings. The highest BCUT2D eigenvalue weighted by molar-refractivity contribution is 7.20. The average molecular weight is 473 g/mol. The van der Waals surface area contributed by atoms with Gasteiger partial charge in [0.2, 0.25) is 11.8 Å². The van der Waals surface area contributed by atoms with Crippen molar-refractivity contribution in [3.63, 3.8) is 0 Å². The molecule has 0 atom stereocenters. The Morgan fingerprint density at radius 3 is 2.87 bits per heavy atom. The minimum absolute atomic E-state index is 0.178. The summed E-state index contributed by atoms with van der Waals surface area (Å²) in [6.07, 6.45) is -4.48. The molecule has 1 amide bonds. The molecule has 0 bridgehead atoms. The number of halogens is 4. The smallest absolute Gasteiger partial charge is 0.425 e. The largest absolute Gasteiger partial charge is 0.522 e. The molecule has 4 rings (SSSR count). The lowest BCUT2D eigenvalue weighted by molar-refractivity contribution is -0.352. The maximum atomic E-state index is 12.4. The molecule has 1 saturated carbocycles. The summed E-state index contributed by atoms with van der Waals surface area (Å²) in [4.78, 5) is 16.7. The fourth-order valence-electron chi connectivity index (χ4n) is 3.12. The number of amides is 1. The number of ether oxygens (including phenoxy) is 1. The van der Waals surface area contributed by atoms with Crippen LogP contribution >= 0.6 is 22.9 Å². The van der Waals surface area contributed by atoms with Crippen molar-refractivity contribution >= 4 is 39.1 Å². The molecule has 7 nitrogen and oxygen atoms in total. The fraction of sp³-hybridized carbons (Fsp3) is 0.368. The number of nitrogens with one attached hydrogen (secondary N) is 1. The predicted molar refractivity (Wildman–Crippen MR) is 107 cm³/mol. The molecule has 31 heavy (non-hydrogen) atoms. The van der Waals surface area contributed by atoms with Crippen molar-refractivity contribution in [1.82, 2.24) is 20.5 Å². The third-order valence-corrected chi connectivity index (χ3v) is 5.97. The molecule has 1 aliphatic carbocycles. The Morgan fingerprint density at radius 1 is 1.35 bits per heavy atom. The molecule has 0 radical (unpaired) electrons. The van der Waals surface area contributed by atoms with Gasteiger partial charge in [-0.25, -0.2) is 4.98 Å². The van der Waals surface area contributed by atoms with Crippen molar-refractivity contribution in [3.05, 3.63) is 52.3 Å². The molecule has 2 heterocycles. The molecule has 1 aromatic carbocycles. The number of nitrogens with zero attached hydrogens (tertiary/aromatic N) is 3. The van der Waals surface area contributed by atoms with Crippen LogP contribution in [0.1, 0.15) is 46.8 Å². The van der Waals surface area contributed by atoms with Crippen molar-refractivity contribution in [3.8, 4) is 0 Å². The maximum absolute atomic E-state index is 12.4. The Morgan fingerprint density at radius 2 is 2.13 bits per heavy atom. The first-order chi connectivity index (χ1) is 14.7. The normalized spacial score (nSPS) is 18.7. The maximum Gasteiger partial charge on any atom is 0.522 e. The predicted octanol–water partition coefficient (Wildman–Crippen LogP) is 4.99. The first kappa shape index (κ1) is 21.7. The number of thiazole rings is 1. The fourth-order valence-corrected chi connectivity index (χ4v) is 4.12. The van der Waals surface area contributed by atoms with E-state index in [1.807, 2.05) is 0 Å². The van der Waals surface area contributed by atoms with Crippen molar-refractivity contribution in [2.24, 2.45) is 0 Å². The quantitative estimate of drug-likeness (QED) is 0.521. The van der Waals surface area contributed by atoms with Gasteiger partial charge in [-0.15, -0.1) is 34.7 Å². The second-order valence-corrected chi connectivity index (χ2v) is 8.54. The molecule has 0 spiro atoms. The van der Waals surface area contributed by atoms with Crippen LogP contribution in [0.2, 0.25) is 5.02 Å². The lowest BCUT2D eigenvalue weighted by Crippen LogP contribution is -2.34. The molecular formula is C19H16ClF3N4O3S. The molecular weight excluding hydrogens is 457 g/mol. The standard InChI is InChI=1S/C19H16ClF3N4O3S/c1-9(24-16(28)18-25-13-8-11(20)3-4-14(13)31-18)2-5-15-26-27-17(29-15)10-6-12(7-10)30-19(21,22)23/h3-4,8,10,12H,1-2,5-7H2,(H,24,28). The summed E-state index contributed by atoms with van der Waals surface area (Å²) < 4.78 is 46.9. The van der Waals surface area contributed by atoms with E-state index in [1.165, 1.54) is 11.3 Å². The van der Waals surface area contributed by atoms with E-state index < -0.39 is 12.5 Å². The zero-order chi connectivity index (χ0) is 22.2. The summed E-state index contributed by atoms with van der Waals surface area (Å²) in [6.45, 7) is 3.83. The van der Waals surface area contributed by atoms with Gasteiger partial charge in [0.25, 0.3) is 5.91 Å². The second kappa shape index (κ2) is 8.56. The topological polar surface area (TPSA) is 90.1 Å². The molecule has 0 saturated heterocycles. The number of carbonyl (C=O) groups excluding carboxylic acids is 1. The third kappa shape index (κ3) is 5.41. The molecule has 2 aromatic heterocycles. The number of rotatable bonds is 7. The highest BCUT2D eigenvalue weighted by Gasteiger charge is 2.42. The Bertz CT molecular complexity index is 1120. The second-order valence-electron chi connectivity index (χ2n) is 7.08.